The zero-order valence-electron chi connectivity index (χ0n) is 8.72. The second kappa shape index (κ2) is 4.31. The molecule has 0 radical (unpaired) electrons. The first-order valence-electron chi connectivity index (χ1n) is 4.48. The molecule has 0 aliphatic rings. The van der Waals surface area contributed by atoms with Crippen molar-refractivity contribution in [3.8, 4) is 5.69 Å². The summed E-state index contributed by atoms with van der Waals surface area (Å²) in [6, 6.07) is 5.39. The highest BCUT2D eigenvalue weighted by molar-refractivity contribution is 7.84. The Morgan fingerprint density at radius 1 is 1.44 bits per heavy atom. The summed E-state index contributed by atoms with van der Waals surface area (Å²) in [6.07, 6.45) is 1.53. The van der Waals surface area contributed by atoms with Crippen LogP contribution in [0.15, 0.2) is 23.4 Å². The molecule has 1 aromatic heterocycles. The summed E-state index contributed by atoms with van der Waals surface area (Å²) in [7, 11) is -1.24. The molecule has 1 unspecified atom stereocenters. The van der Waals surface area contributed by atoms with Crippen LogP contribution in [-0.4, -0.2) is 30.7 Å². The van der Waals surface area contributed by atoms with Crippen molar-refractivity contribution >= 4 is 22.4 Å². The number of halogens is 1. The zero-order chi connectivity index (χ0) is 11.7. The molecule has 16 heavy (non-hydrogen) atoms. The molecule has 5 nitrogen and oxygen atoms in total. The summed E-state index contributed by atoms with van der Waals surface area (Å²) >= 11 is 5.91. The van der Waals surface area contributed by atoms with Crippen LogP contribution in [0.5, 0.6) is 0 Å². The first kappa shape index (κ1) is 11.2. The van der Waals surface area contributed by atoms with Crippen molar-refractivity contribution in [3.63, 3.8) is 0 Å². The Morgan fingerprint density at radius 2 is 2.19 bits per heavy atom. The minimum absolute atomic E-state index is 0.311. The number of aryl methyl sites for hydroxylation is 1. The lowest BCUT2D eigenvalue weighted by Gasteiger charge is -2.06. The van der Waals surface area contributed by atoms with Gasteiger partial charge in [0.15, 0.2) is 0 Å². The maximum atomic E-state index is 11.4. The highest BCUT2D eigenvalue weighted by Crippen LogP contribution is 2.19. The van der Waals surface area contributed by atoms with E-state index in [4.69, 9.17) is 11.6 Å². The number of rotatable bonds is 2. The van der Waals surface area contributed by atoms with E-state index < -0.39 is 10.8 Å². The topological polar surface area (TPSA) is 60.7 Å². The number of aromatic nitrogens is 4. The van der Waals surface area contributed by atoms with Crippen molar-refractivity contribution in [1.29, 1.82) is 0 Å². The van der Waals surface area contributed by atoms with Crippen LogP contribution in [0.25, 0.3) is 5.69 Å². The van der Waals surface area contributed by atoms with Crippen LogP contribution in [-0.2, 0) is 10.8 Å². The SMILES string of the molecule is Cc1ccc(Cl)cc1-n1nnnc1S(C)=O. The molecule has 7 heteroatoms. The predicted octanol–water partition coefficient (Wildman–Crippen LogP) is 1.36. The molecule has 1 atom stereocenters. The molecule has 0 amide bonds. The van der Waals surface area contributed by atoms with Crippen LogP contribution in [0.3, 0.4) is 0 Å². The number of hydrogen-bond acceptors (Lipinski definition) is 4. The fraction of sp³-hybridized carbons (Fsp3) is 0.222. The van der Waals surface area contributed by atoms with Gasteiger partial charge < -0.3 is 0 Å². The first-order valence-corrected chi connectivity index (χ1v) is 6.41. The molecule has 0 fully saturated rings. The zero-order valence-corrected chi connectivity index (χ0v) is 10.3. The summed E-state index contributed by atoms with van der Waals surface area (Å²) < 4.78 is 12.9. The highest BCUT2D eigenvalue weighted by Gasteiger charge is 2.13. The Balaban J connectivity index is 2.62. The van der Waals surface area contributed by atoms with Gasteiger partial charge >= 0.3 is 0 Å². The van der Waals surface area contributed by atoms with Crippen LogP contribution in [0.2, 0.25) is 5.02 Å². The average Bonchev–Trinajstić information content (AvgIpc) is 2.70. The van der Waals surface area contributed by atoms with Gasteiger partial charge in [-0.3, -0.25) is 4.21 Å². The monoisotopic (exact) mass is 256 g/mol. The molecule has 0 aliphatic carbocycles. The molecule has 1 heterocycles. The molecular weight excluding hydrogens is 248 g/mol. The van der Waals surface area contributed by atoms with E-state index in [0.29, 0.717) is 10.2 Å². The molecular formula is C9H9ClN4OS. The van der Waals surface area contributed by atoms with Crippen LogP contribution in [0, 0.1) is 6.92 Å². The number of nitrogens with zero attached hydrogens (tertiary/aromatic N) is 4. The van der Waals surface area contributed by atoms with E-state index in [2.05, 4.69) is 15.5 Å². The minimum atomic E-state index is -1.24. The van der Waals surface area contributed by atoms with E-state index in [1.165, 1.54) is 10.9 Å². The van der Waals surface area contributed by atoms with Gasteiger partial charge in [0, 0.05) is 11.3 Å². The van der Waals surface area contributed by atoms with Crippen LogP contribution in [0.1, 0.15) is 5.56 Å². The molecule has 84 valence electrons. The Bertz CT molecular complexity index is 554. The average molecular weight is 257 g/mol. The maximum Gasteiger partial charge on any atom is 0.244 e. The smallest absolute Gasteiger partial charge is 0.244 e. The van der Waals surface area contributed by atoms with Crippen molar-refractivity contribution in [3.05, 3.63) is 28.8 Å². The fourth-order valence-electron chi connectivity index (χ4n) is 1.32. The molecule has 0 saturated heterocycles. The lowest BCUT2D eigenvalue weighted by Crippen LogP contribution is -2.05. The van der Waals surface area contributed by atoms with Gasteiger partial charge in [-0.25, -0.2) is 0 Å². The Labute approximate surface area is 99.9 Å². The number of hydrogen-bond donors (Lipinski definition) is 0. The van der Waals surface area contributed by atoms with E-state index in [-0.39, 0.29) is 0 Å². The van der Waals surface area contributed by atoms with E-state index in [1.54, 1.807) is 12.1 Å². The van der Waals surface area contributed by atoms with Crippen molar-refractivity contribution in [2.75, 3.05) is 6.26 Å². The van der Waals surface area contributed by atoms with Gasteiger partial charge in [0.2, 0.25) is 5.16 Å². The fourth-order valence-corrected chi connectivity index (χ4v) is 2.02. The predicted molar refractivity (Wildman–Crippen MR) is 61.2 cm³/mol. The van der Waals surface area contributed by atoms with Gasteiger partial charge in [-0.15, -0.1) is 0 Å². The van der Waals surface area contributed by atoms with Gasteiger partial charge in [0.1, 0.15) is 0 Å². The van der Waals surface area contributed by atoms with Crippen molar-refractivity contribution < 1.29 is 4.21 Å². The Morgan fingerprint density at radius 3 is 2.88 bits per heavy atom. The molecule has 1 aromatic carbocycles. The molecule has 0 bridgehead atoms. The number of benzene rings is 1. The van der Waals surface area contributed by atoms with Crippen LogP contribution < -0.4 is 0 Å². The molecule has 2 rings (SSSR count). The second-order valence-electron chi connectivity index (χ2n) is 3.26. The van der Waals surface area contributed by atoms with E-state index in [9.17, 15) is 4.21 Å². The Hall–Kier alpha value is -1.27. The van der Waals surface area contributed by atoms with Gasteiger partial charge in [-0.05, 0) is 35.0 Å². The standard InChI is InChI=1S/C9H9ClN4OS/c1-6-3-4-7(10)5-8(6)14-9(16(2)15)11-12-13-14/h3-5H,1-2H3. The summed E-state index contributed by atoms with van der Waals surface area (Å²) in [4.78, 5) is 0. The lowest BCUT2D eigenvalue weighted by molar-refractivity contribution is 0.670. The summed E-state index contributed by atoms with van der Waals surface area (Å²) in [5.74, 6) is 0. The van der Waals surface area contributed by atoms with Crippen LogP contribution >= 0.6 is 11.6 Å². The minimum Gasteiger partial charge on any atom is -0.251 e. The van der Waals surface area contributed by atoms with Crippen molar-refractivity contribution in [2.45, 2.75) is 12.1 Å². The van der Waals surface area contributed by atoms with E-state index in [1.807, 2.05) is 13.0 Å². The molecule has 0 aliphatic heterocycles. The Kier molecular flexibility index (Phi) is 3.02. The molecule has 0 saturated carbocycles. The second-order valence-corrected chi connectivity index (χ2v) is 4.97. The van der Waals surface area contributed by atoms with Gasteiger partial charge in [0.25, 0.3) is 0 Å². The van der Waals surface area contributed by atoms with Crippen LogP contribution in [0.4, 0.5) is 0 Å². The van der Waals surface area contributed by atoms with Crippen molar-refractivity contribution in [1.82, 2.24) is 20.2 Å². The largest absolute Gasteiger partial charge is 0.251 e. The first-order chi connectivity index (χ1) is 7.59. The highest BCUT2D eigenvalue weighted by atomic mass is 35.5. The quantitative estimate of drug-likeness (QED) is 0.814. The molecule has 2 aromatic rings. The summed E-state index contributed by atoms with van der Waals surface area (Å²) in [5, 5.41) is 11.9. The third kappa shape index (κ3) is 1.98. The summed E-state index contributed by atoms with van der Waals surface area (Å²) in [6.45, 7) is 1.91. The van der Waals surface area contributed by atoms with E-state index in [0.717, 1.165) is 11.3 Å². The summed E-state index contributed by atoms with van der Waals surface area (Å²) in [5.41, 5.74) is 1.70. The third-order valence-electron chi connectivity index (χ3n) is 2.10. The maximum absolute atomic E-state index is 11.4. The van der Waals surface area contributed by atoms with Crippen molar-refractivity contribution in [2.24, 2.45) is 0 Å². The van der Waals surface area contributed by atoms with Gasteiger partial charge in [0.05, 0.1) is 16.5 Å². The normalized spacial score (nSPS) is 12.7. The molecule has 0 N–H and O–H groups in total. The lowest BCUT2D eigenvalue weighted by atomic mass is 10.2. The molecule has 0 spiro atoms. The van der Waals surface area contributed by atoms with Gasteiger partial charge in [-0.1, -0.05) is 22.8 Å². The van der Waals surface area contributed by atoms with Gasteiger partial charge in [-0.2, -0.15) is 4.68 Å². The third-order valence-corrected chi connectivity index (χ3v) is 3.10. The number of tetrazole rings is 1. The van der Waals surface area contributed by atoms with E-state index >= 15 is 0 Å².